The van der Waals surface area contributed by atoms with Crippen LogP contribution in [0.2, 0.25) is 0 Å². The molecule has 0 aliphatic rings. The lowest BCUT2D eigenvalue weighted by Gasteiger charge is -2.02. The van der Waals surface area contributed by atoms with Crippen LogP contribution in [0.5, 0.6) is 0 Å². The third kappa shape index (κ3) is 3.50. The van der Waals surface area contributed by atoms with E-state index in [1.54, 1.807) is 6.07 Å². The van der Waals surface area contributed by atoms with E-state index in [-0.39, 0.29) is 28.5 Å². The van der Waals surface area contributed by atoms with Crippen LogP contribution in [0.25, 0.3) is 0 Å². The first-order valence-electron chi connectivity index (χ1n) is 5.30. The van der Waals surface area contributed by atoms with E-state index >= 15 is 0 Å². The van der Waals surface area contributed by atoms with Crippen molar-refractivity contribution in [1.29, 1.82) is 0 Å². The summed E-state index contributed by atoms with van der Waals surface area (Å²) < 4.78 is 50.1. The molecule has 1 aromatic carbocycles. The minimum Gasteiger partial charge on any atom is -0.300 e. The summed E-state index contributed by atoms with van der Waals surface area (Å²) in [5.41, 5.74) is 0.144. The van der Waals surface area contributed by atoms with Gasteiger partial charge in [-0.3, -0.25) is 4.79 Å². The zero-order chi connectivity index (χ0) is 14.8. The molecule has 0 saturated carbocycles. The number of benzene rings is 1. The fourth-order valence-corrected chi connectivity index (χ4v) is 1.99. The molecular formula is C11H7F4N3OS. The molecular weight excluding hydrogens is 298 g/mol. The van der Waals surface area contributed by atoms with Gasteiger partial charge in [-0.15, -0.1) is 10.2 Å². The van der Waals surface area contributed by atoms with Gasteiger partial charge in [0.25, 0.3) is 0 Å². The number of halogens is 4. The Morgan fingerprint density at radius 2 is 1.95 bits per heavy atom. The maximum atomic E-state index is 13.3. The van der Waals surface area contributed by atoms with E-state index in [0.29, 0.717) is 0 Å². The summed E-state index contributed by atoms with van der Waals surface area (Å²) in [5, 5.41) is 6.85. The second-order valence-electron chi connectivity index (χ2n) is 3.73. The molecule has 0 saturated heterocycles. The Morgan fingerprint density at radius 3 is 2.55 bits per heavy atom. The molecule has 0 fully saturated rings. The van der Waals surface area contributed by atoms with Crippen LogP contribution in [0.3, 0.4) is 0 Å². The molecule has 0 unspecified atom stereocenters. The summed E-state index contributed by atoms with van der Waals surface area (Å²) in [4.78, 5) is 11.6. The molecule has 20 heavy (non-hydrogen) atoms. The Kier molecular flexibility index (Phi) is 3.98. The highest BCUT2D eigenvalue weighted by molar-refractivity contribution is 7.15. The van der Waals surface area contributed by atoms with Crippen LogP contribution in [0.15, 0.2) is 24.3 Å². The van der Waals surface area contributed by atoms with Crippen molar-refractivity contribution < 1.29 is 22.4 Å². The van der Waals surface area contributed by atoms with Crippen molar-refractivity contribution >= 4 is 22.4 Å². The molecule has 9 heteroatoms. The van der Waals surface area contributed by atoms with Crippen molar-refractivity contribution in [3.05, 3.63) is 40.7 Å². The summed E-state index contributed by atoms with van der Waals surface area (Å²) >= 11 is 0.210. The predicted octanol–water partition coefficient (Wildman–Crippen LogP) is 2.88. The fourth-order valence-electron chi connectivity index (χ4n) is 1.37. The van der Waals surface area contributed by atoms with Crippen LogP contribution in [0, 0.1) is 5.82 Å². The van der Waals surface area contributed by atoms with Gasteiger partial charge in [0.05, 0.1) is 6.42 Å². The van der Waals surface area contributed by atoms with Gasteiger partial charge in [-0.05, 0) is 11.6 Å². The molecule has 2 aromatic rings. The van der Waals surface area contributed by atoms with E-state index in [1.807, 2.05) is 0 Å². The van der Waals surface area contributed by atoms with Crippen LogP contribution in [-0.4, -0.2) is 16.1 Å². The van der Waals surface area contributed by atoms with Crippen molar-refractivity contribution in [1.82, 2.24) is 10.2 Å². The maximum absolute atomic E-state index is 13.3. The van der Waals surface area contributed by atoms with Crippen LogP contribution >= 0.6 is 11.3 Å². The Labute approximate surface area is 114 Å². The van der Waals surface area contributed by atoms with Crippen LogP contribution < -0.4 is 5.32 Å². The first-order chi connectivity index (χ1) is 9.36. The van der Waals surface area contributed by atoms with Gasteiger partial charge in [-0.2, -0.15) is 13.2 Å². The molecule has 4 nitrogen and oxygen atoms in total. The number of hydrogen-bond acceptors (Lipinski definition) is 4. The van der Waals surface area contributed by atoms with E-state index in [4.69, 9.17) is 0 Å². The molecule has 0 atom stereocenters. The molecule has 0 aliphatic carbocycles. The predicted molar refractivity (Wildman–Crippen MR) is 63.6 cm³/mol. The molecule has 106 valence electrons. The Hall–Kier alpha value is -2.03. The summed E-state index contributed by atoms with van der Waals surface area (Å²) in [7, 11) is 0. The standard InChI is InChI=1S/C11H7F4N3OS/c12-7-4-2-1-3-6(7)5-8(19)16-10-18-17-9(20-10)11(13,14)15/h1-4H,5H2,(H,16,18,19). The van der Waals surface area contributed by atoms with Gasteiger partial charge in [0.15, 0.2) is 0 Å². The molecule has 0 spiro atoms. The number of aromatic nitrogens is 2. The maximum Gasteiger partial charge on any atom is 0.445 e. The van der Waals surface area contributed by atoms with E-state index in [9.17, 15) is 22.4 Å². The average Bonchev–Trinajstić information content (AvgIpc) is 2.80. The molecule has 1 amide bonds. The lowest BCUT2D eigenvalue weighted by molar-refractivity contribution is -0.138. The van der Waals surface area contributed by atoms with Crippen LogP contribution in [-0.2, 0) is 17.4 Å². The first kappa shape index (κ1) is 14.4. The molecule has 1 heterocycles. The second kappa shape index (κ2) is 5.53. The number of nitrogens with one attached hydrogen (secondary N) is 1. The van der Waals surface area contributed by atoms with Crippen LogP contribution in [0.4, 0.5) is 22.7 Å². The zero-order valence-electron chi connectivity index (χ0n) is 9.74. The van der Waals surface area contributed by atoms with Gasteiger partial charge >= 0.3 is 6.18 Å². The summed E-state index contributed by atoms with van der Waals surface area (Å²) in [6.45, 7) is 0. The van der Waals surface area contributed by atoms with E-state index in [0.717, 1.165) is 0 Å². The summed E-state index contributed by atoms with van der Waals surface area (Å²) in [6.07, 6.45) is -4.90. The largest absolute Gasteiger partial charge is 0.445 e. The number of carbonyl (C=O) groups excluding carboxylic acids is 1. The van der Waals surface area contributed by atoms with Crippen molar-refractivity contribution in [3.63, 3.8) is 0 Å². The molecule has 1 N–H and O–H groups in total. The SMILES string of the molecule is O=C(Cc1ccccc1F)Nc1nnc(C(F)(F)F)s1. The van der Waals surface area contributed by atoms with Crippen molar-refractivity contribution in [2.45, 2.75) is 12.6 Å². The summed E-state index contributed by atoms with van der Waals surface area (Å²) in [5.74, 6) is -1.23. The number of nitrogens with zero attached hydrogens (tertiary/aromatic N) is 2. The van der Waals surface area contributed by atoms with Gasteiger partial charge in [0, 0.05) is 0 Å². The molecule has 1 aromatic heterocycles. The lowest BCUT2D eigenvalue weighted by Crippen LogP contribution is -2.15. The first-order valence-corrected chi connectivity index (χ1v) is 6.12. The average molecular weight is 305 g/mol. The highest BCUT2D eigenvalue weighted by atomic mass is 32.1. The number of amides is 1. The van der Waals surface area contributed by atoms with Gasteiger partial charge in [-0.25, -0.2) is 4.39 Å². The Morgan fingerprint density at radius 1 is 1.25 bits per heavy atom. The summed E-state index contributed by atoms with van der Waals surface area (Å²) in [6, 6.07) is 5.63. The lowest BCUT2D eigenvalue weighted by atomic mass is 10.1. The quantitative estimate of drug-likeness (QED) is 0.887. The van der Waals surface area contributed by atoms with Gasteiger partial charge in [0.2, 0.25) is 16.0 Å². The van der Waals surface area contributed by atoms with Crippen molar-refractivity contribution in [2.75, 3.05) is 5.32 Å². The van der Waals surface area contributed by atoms with E-state index in [2.05, 4.69) is 15.5 Å². The van der Waals surface area contributed by atoms with Gasteiger partial charge in [-0.1, -0.05) is 29.5 Å². The van der Waals surface area contributed by atoms with E-state index in [1.165, 1.54) is 18.2 Å². The highest BCUT2D eigenvalue weighted by Gasteiger charge is 2.35. The number of carbonyl (C=O) groups is 1. The normalized spacial score (nSPS) is 11.4. The Bertz CT molecular complexity index is 626. The van der Waals surface area contributed by atoms with Crippen LogP contribution in [0.1, 0.15) is 10.6 Å². The fraction of sp³-hybridized carbons (Fsp3) is 0.182. The minimum absolute atomic E-state index is 0.144. The van der Waals surface area contributed by atoms with E-state index < -0.39 is 22.9 Å². The Balaban J connectivity index is 2.02. The highest BCUT2D eigenvalue weighted by Crippen LogP contribution is 2.32. The zero-order valence-corrected chi connectivity index (χ0v) is 10.6. The number of anilines is 1. The monoisotopic (exact) mass is 305 g/mol. The van der Waals surface area contributed by atoms with Crippen molar-refractivity contribution in [3.8, 4) is 0 Å². The number of hydrogen-bond donors (Lipinski definition) is 1. The van der Waals surface area contributed by atoms with Crippen molar-refractivity contribution in [2.24, 2.45) is 0 Å². The number of alkyl halides is 3. The molecule has 0 radical (unpaired) electrons. The second-order valence-corrected chi connectivity index (χ2v) is 4.70. The van der Waals surface area contributed by atoms with Gasteiger partial charge < -0.3 is 5.32 Å². The minimum atomic E-state index is -4.60. The topological polar surface area (TPSA) is 54.9 Å². The third-order valence-corrected chi connectivity index (χ3v) is 3.11. The smallest absolute Gasteiger partial charge is 0.300 e. The molecule has 0 bridgehead atoms. The molecule has 0 aliphatic heterocycles. The third-order valence-electron chi connectivity index (χ3n) is 2.22. The van der Waals surface area contributed by atoms with Gasteiger partial charge in [0.1, 0.15) is 5.82 Å². The number of rotatable bonds is 3. The molecule has 2 rings (SSSR count).